The maximum Gasteiger partial charge on any atom is 0.262 e. The van der Waals surface area contributed by atoms with Gasteiger partial charge in [0.25, 0.3) is 15.9 Å². The lowest BCUT2D eigenvalue weighted by Gasteiger charge is -2.30. The van der Waals surface area contributed by atoms with Gasteiger partial charge in [0.1, 0.15) is 24.6 Å². The molecule has 2 aliphatic heterocycles. The summed E-state index contributed by atoms with van der Waals surface area (Å²) < 4.78 is 54.3. The summed E-state index contributed by atoms with van der Waals surface area (Å²) in [5.41, 5.74) is 7.15. The van der Waals surface area contributed by atoms with E-state index in [0.29, 0.717) is 36.8 Å². The second-order valence-corrected chi connectivity index (χ2v) is 10.5. The first-order valence-corrected chi connectivity index (χ1v) is 12.8. The minimum atomic E-state index is -4.01. The van der Waals surface area contributed by atoms with Gasteiger partial charge in [-0.15, -0.1) is 0 Å². The molecule has 0 saturated carbocycles. The van der Waals surface area contributed by atoms with Crippen molar-refractivity contribution in [3.63, 3.8) is 0 Å². The number of primary amides is 1. The number of fused-ring (bicyclic) bond motifs is 2. The molecule has 35 heavy (non-hydrogen) atoms. The zero-order valence-corrected chi connectivity index (χ0v) is 20.2. The quantitative estimate of drug-likeness (QED) is 0.548. The fourth-order valence-electron chi connectivity index (χ4n) is 4.71. The topological polar surface area (TPSA) is 119 Å². The molecule has 12 heteroatoms. The lowest BCUT2D eigenvalue weighted by Crippen LogP contribution is -2.29. The standard InChI is InChI=1S/C23H26FN5O5S/c1-3-27(2)35(31,32)23-20(22(25)30)18-13-15(6-8-29(18)26-23)28-7-4-5-17(28)16-11-14(24)12-19-21(16)34-10-9-33-19/h6,8,11-13,17H,3-5,7,9-10H2,1-2H3,(H2,25,30). The van der Waals surface area contributed by atoms with Gasteiger partial charge in [0, 0.05) is 43.7 Å². The third-order valence-corrected chi connectivity index (χ3v) is 8.37. The Kier molecular flexibility index (Phi) is 5.80. The minimum Gasteiger partial charge on any atom is -0.486 e. The Balaban J connectivity index is 1.61. The van der Waals surface area contributed by atoms with Gasteiger partial charge >= 0.3 is 0 Å². The van der Waals surface area contributed by atoms with Crippen molar-refractivity contribution in [3.8, 4) is 11.5 Å². The number of anilines is 1. The van der Waals surface area contributed by atoms with Gasteiger partial charge in [0.2, 0.25) is 5.03 Å². The number of hydrogen-bond acceptors (Lipinski definition) is 7. The molecule has 3 aromatic rings. The van der Waals surface area contributed by atoms with Crippen LogP contribution in [0.3, 0.4) is 0 Å². The van der Waals surface area contributed by atoms with Gasteiger partial charge in [-0.05, 0) is 31.0 Å². The summed E-state index contributed by atoms with van der Waals surface area (Å²) in [7, 11) is -2.60. The highest BCUT2D eigenvalue weighted by molar-refractivity contribution is 7.89. The van der Waals surface area contributed by atoms with Crippen LogP contribution < -0.4 is 20.1 Å². The predicted molar refractivity (Wildman–Crippen MR) is 126 cm³/mol. The molecular weight excluding hydrogens is 477 g/mol. The second kappa shape index (κ2) is 8.68. The summed E-state index contributed by atoms with van der Waals surface area (Å²) in [5, 5.41) is 3.79. The molecule has 1 unspecified atom stereocenters. The molecular formula is C23H26FN5O5S. The molecule has 4 heterocycles. The fraction of sp³-hybridized carbons (Fsp3) is 0.391. The van der Waals surface area contributed by atoms with Crippen LogP contribution in [0.5, 0.6) is 11.5 Å². The maximum absolute atomic E-state index is 14.4. The highest BCUT2D eigenvalue weighted by Crippen LogP contribution is 2.45. The monoisotopic (exact) mass is 503 g/mol. The van der Waals surface area contributed by atoms with Gasteiger partial charge in [-0.3, -0.25) is 4.79 Å². The average molecular weight is 504 g/mol. The molecule has 2 aliphatic rings. The van der Waals surface area contributed by atoms with Crippen molar-refractivity contribution in [2.45, 2.75) is 30.8 Å². The van der Waals surface area contributed by atoms with Gasteiger partial charge in [-0.25, -0.2) is 17.3 Å². The van der Waals surface area contributed by atoms with Gasteiger partial charge in [-0.2, -0.15) is 9.40 Å². The largest absolute Gasteiger partial charge is 0.486 e. The van der Waals surface area contributed by atoms with Crippen LogP contribution in [0.1, 0.15) is 41.7 Å². The van der Waals surface area contributed by atoms with Crippen LogP contribution in [-0.4, -0.2) is 61.6 Å². The number of amides is 1. The molecule has 0 spiro atoms. The van der Waals surface area contributed by atoms with Gasteiger partial charge in [0.15, 0.2) is 11.5 Å². The Bertz CT molecular complexity index is 1420. The molecule has 0 bridgehead atoms. The number of hydrogen-bond donors (Lipinski definition) is 1. The lowest BCUT2D eigenvalue weighted by molar-refractivity contribution is 0.0998. The summed E-state index contributed by atoms with van der Waals surface area (Å²) >= 11 is 0. The van der Waals surface area contributed by atoms with E-state index in [2.05, 4.69) is 10.00 Å². The third-order valence-electron chi connectivity index (χ3n) is 6.51. The van der Waals surface area contributed by atoms with Crippen molar-refractivity contribution < 1.29 is 27.1 Å². The fourth-order valence-corrected chi connectivity index (χ4v) is 6.00. The van der Waals surface area contributed by atoms with Crippen LogP contribution in [0, 0.1) is 5.82 Å². The number of carbonyl (C=O) groups excluding carboxylic acids is 1. The number of halogens is 1. The van der Waals surface area contributed by atoms with Crippen molar-refractivity contribution in [3.05, 3.63) is 47.4 Å². The van der Waals surface area contributed by atoms with E-state index in [9.17, 15) is 17.6 Å². The van der Waals surface area contributed by atoms with Crippen molar-refractivity contribution in [1.29, 1.82) is 0 Å². The van der Waals surface area contributed by atoms with E-state index in [-0.39, 0.29) is 28.7 Å². The van der Waals surface area contributed by atoms with Crippen LogP contribution in [0.15, 0.2) is 35.5 Å². The zero-order valence-electron chi connectivity index (χ0n) is 19.4. The normalized spacial score (nSPS) is 17.9. The van der Waals surface area contributed by atoms with Crippen LogP contribution in [0.2, 0.25) is 0 Å². The van der Waals surface area contributed by atoms with Crippen molar-refractivity contribution >= 4 is 27.1 Å². The number of benzene rings is 1. The molecule has 5 rings (SSSR count). The molecule has 1 atom stereocenters. The van der Waals surface area contributed by atoms with E-state index < -0.39 is 21.7 Å². The predicted octanol–water partition coefficient (Wildman–Crippen LogP) is 2.33. The third kappa shape index (κ3) is 3.86. The number of pyridine rings is 1. The molecule has 0 aliphatic carbocycles. The molecule has 1 saturated heterocycles. The van der Waals surface area contributed by atoms with Crippen LogP contribution in [-0.2, 0) is 10.0 Å². The molecule has 1 amide bonds. The SMILES string of the molecule is CCN(C)S(=O)(=O)c1nn2ccc(N3CCCC3c3cc(F)cc4c3OCCO4)cc2c1C(N)=O. The maximum atomic E-state index is 14.4. The minimum absolute atomic E-state index is 0.164. The highest BCUT2D eigenvalue weighted by atomic mass is 32.2. The molecule has 2 N–H and O–H groups in total. The Labute approximate surface area is 202 Å². The first-order chi connectivity index (χ1) is 16.7. The number of sulfonamides is 1. The second-order valence-electron chi connectivity index (χ2n) is 8.55. The summed E-state index contributed by atoms with van der Waals surface area (Å²) in [6.45, 7) is 3.31. The van der Waals surface area contributed by atoms with E-state index in [1.54, 1.807) is 25.3 Å². The first-order valence-electron chi connectivity index (χ1n) is 11.4. The average Bonchev–Trinajstić information content (AvgIpc) is 3.47. The van der Waals surface area contributed by atoms with Crippen LogP contribution >= 0.6 is 0 Å². The van der Waals surface area contributed by atoms with Crippen LogP contribution in [0.25, 0.3) is 5.52 Å². The molecule has 1 fully saturated rings. The van der Waals surface area contributed by atoms with Crippen molar-refractivity contribution in [1.82, 2.24) is 13.9 Å². The van der Waals surface area contributed by atoms with Gasteiger partial charge < -0.3 is 20.1 Å². The number of nitrogens with two attached hydrogens (primary N) is 1. The van der Waals surface area contributed by atoms with Crippen molar-refractivity contribution in [2.24, 2.45) is 5.73 Å². The Morgan fingerprint density at radius 3 is 2.80 bits per heavy atom. The number of rotatable bonds is 6. The molecule has 186 valence electrons. The molecule has 2 aromatic heterocycles. The summed E-state index contributed by atoms with van der Waals surface area (Å²) in [6.07, 6.45) is 3.20. The number of aromatic nitrogens is 2. The summed E-state index contributed by atoms with van der Waals surface area (Å²) in [6, 6.07) is 6.07. The van der Waals surface area contributed by atoms with E-state index >= 15 is 0 Å². The van der Waals surface area contributed by atoms with E-state index in [4.69, 9.17) is 15.2 Å². The van der Waals surface area contributed by atoms with Crippen LogP contribution in [0.4, 0.5) is 10.1 Å². The molecule has 10 nitrogen and oxygen atoms in total. The van der Waals surface area contributed by atoms with Gasteiger partial charge in [0.05, 0.1) is 11.6 Å². The first kappa shape index (κ1) is 23.4. The zero-order chi connectivity index (χ0) is 24.9. The van der Waals surface area contributed by atoms with E-state index in [1.165, 1.54) is 23.7 Å². The molecule has 0 radical (unpaired) electrons. The number of nitrogens with zero attached hydrogens (tertiary/aromatic N) is 4. The number of carbonyl (C=O) groups is 1. The Hall–Kier alpha value is -3.38. The van der Waals surface area contributed by atoms with Crippen molar-refractivity contribution in [2.75, 3.05) is 38.3 Å². The lowest BCUT2D eigenvalue weighted by atomic mass is 10.0. The number of ether oxygens (including phenoxy) is 2. The van der Waals surface area contributed by atoms with Gasteiger partial charge in [-0.1, -0.05) is 6.92 Å². The Morgan fingerprint density at radius 2 is 2.06 bits per heavy atom. The van der Waals surface area contributed by atoms with E-state index in [0.717, 1.165) is 22.8 Å². The summed E-state index contributed by atoms with van der Waals surface area (Å²) in [5.74, 6) is -0.375. The highest BCUT2D eigenvalue weighted by Gasteiger charge is 2.34. The smallest absolute Gasteiger partial charge is 0.262 e. The summed E-state index contributed by atoms with van der Waals surface area (Å²) in [4.78, 5) is 14.5. The Morgan fingerprint density at radius 1 is 1.29 bits per heavy atom. The molecule has 1 aromatic carbocycles. The van der Waals surface area contributed by atoms with E-state index in [1.807, 2.05) is 0 Å².